The van der Waals surface area contributed by atoms with Crippen LogP contribution in [0.4, 0.5) is 0 Å². The molecule has 3 unspecified atom stereocenters. The molecule has 0 radical (unpaired) electrons. The van der Waals surface area contributed by atoms with Crippen molar-refractivity contribution in [1.29, 1.82) is 0 Å². The second-order valence-electron chi connectivity index (χ2n) is 7.21. The Kier molecular flexibility index (Phi) is 5.67. The number of likely N-dealkylation sites (N-methyl/N-ethyl adjacent to an activating group) is 1. The first-order chi connectivity index (χ1) is 9.08. The highest BCUT2D eigenvalue weighted by molar-refractivity contribution is 4.93. The van der Waals surface area contributed by atoms with Gasteiger partial charge in [-0.2, -0.15) is 0 Å². The van der Waals surface area contributed by atoms with E-state index in [4.69, 9.17) is 0 Å². The van der Waals surface area contributed by atoms with Gasteiger partial charge in [0, 0.05) is 18.6 Å². The van der Waals surface area contributed by atoms with Crippen LogP contribution in [0.1, 0.15) is 39.5 Å². The van der Waals surface area contributed by atoms with Crippen LogP contribution in [-0.4, -0.2) is 62.2 Å². The van der Waals surface area contributed by atoms with Crippen LogP contribution in [0.2, 0.25) is 0 Å². The van der Waals surface area contributed by atoms with Crippen molar-refractivity contribution < 1.29 is 0 Å². The monoisotopic (exact) mass is 267 g/mol. The third-order valence-corrected chi connectivity index (χ3v) is 4.96. The maximum Gasteiger partial charge on any atom is 0.0217 e. The third-order valence-electron chi connectivity index (χ3n) is 4.96. The Morgan fingerprint density at radius 1 is 1.21 bits per heavy atom. The Morgan fingerprint density at radius 3 is 2.58 bits per heavy atom. The lowest BCUT2D eigenvalue weighted by atomic mass is 9.77. The molecule has 2 rings (SSSR count). The van der Waals surface area contributed by atoms with E-state index < -0.39 is 0 Å². The average molecular weight is 267 g/mol. The molecule has 0 aromatic heterocycles. The van der Waals surface area contributed by atoms with Crippen molar-refractivity contribution in [3.63, 3.8) is 0 Å². The summed E-state index contributed by atoms with van der Waals surface area (Å²) in [4.78, 5) is 5.19. The minimum atomic E-state index is 0.770. The highest BCUT2D eigenvalue weighted by atomic mass is 15.2. The average Bonchev–Trinajstić information content (AvgIpc) is 2.33. The molecule has 2 fully saturated rings. The van der Waals surface area contributed by atoms with E-state index in [0.29, 0.717) is 0 Å². The van der Waals surface area contributed by atoms with Gasteiger partial charge in [0.15, 0.2) is 0 Å². The van der Waals surface area contributed by atoms with Gasteiger partial charge in [0.2, 0.25) is 0 Å². The summed E-state index contributed by atoms with van der Waals surface area (Å²) in [6.07, 6.45) is 5.62. The molecule has 1 saturated heterocycles. The van der Waals surface area contributed by atoms with Crippen LogP contribution in [0.5, 0.6) is 0 Å². The van der Waals surface area contributed by atoms with Crippen LogP contribution in [-0.2, 0) is 0 Å². The van der Waals surface area contributed by atoms with Crippen LogP contribution in [0, 0.1) is 11.8 Å². The van der Waals surface area contributed by atoms with Gasteiger partial charge in [-0.15, -0.1) is 0 Å². The summed E-state index contributed by atoms with van der Waals surface area (Å²) in [5, 5.41) is 3.65. The molecule has 1 aliphatic carbocycles. The minimum Gasteiger partial charge on any atom is -0.316 e. The fraction of sp³-hybridized carbons (Fsp3) is 1.00. The van der Waals surface area contributed by atoms with Crippen molar-refractivity contribution >= 4 is 0 Å². The minimum absolute atomic E-state index is 0.770. The molecule has 2 aliphatic rings. The number of piperidine rings is 1. The molecular formula is C16H33N3. The van der Waals surface area contributed by atoms with Crippen molar-refractivity contribution in [3.05, 3.63) is 0 Å². The molecule has 1 saturated carbocycles. The molecule has 0 amide bonds. The highest BCUT2D eigenvalue weighted by Gasteiger charge is 2.37. The number of hydrogen-bond acceptors (Lipinski definition) is 3. The van der Waals surface area contributed by atoms with E-state index in [0.717, 1.165) is 23.9 Å². The van der Waals surface area contributed by atoms with Crippen LogP contribution >= 0.6 is 0 Å². The summed E-state index contributed by atoms with van der Waals surface area (Å²) < 4.78 is 0. The quantitative estimate of drug-likeness (QED) is 0.794. The van der Waals surface area contributed by atoms with E-state index in [-0.39, 0.29) is 0 Å². The standard InChI is InChI=1S/C16H33N3/c1-13(2)10-17-11-14-7-8-16(14)19-9-5-6-15(12-19)18(3)4/h13-17H,5-12H2,1-4H3. The maximum absolute atomic E-state index is 3.65. The number of nitrogens with zero attached hydrogens (tertiary/aromatic N) is 2. The van der Waals surface area contributed by atoms with E-state index in [1.54, 1.807) is 0 Å². The van der Waals surface area contributed by atoms with Crippen LogP contribution < -0.4 is 5.32 Å². The Labute approximate surface area is 119 Å². The molecular weight excluding hydrogens is 234 g/mol. The zero-order chi connectivity index (χ0) is 13.8. The number of likely N-dealkylation sites (tertiary alicyclic amines) is 1. The van der Waals surface area contributed by atoms with Gasteiger partial charge in [-0.25, -0.2) is 0 Å². The smallest absolute Gasteiger partial charge is 0.0217 e. The highest BCUT2D eigenvalue weighted by Crippen LogP contribution is 2.33. The van der Waals surface area contributed by atoms with Gasteiger partial charge in [0.05, 0.1) is 0 Å². The summed E-state index contributed by atoms with van der Waals surface area (Å²) in [6.45, 7) is 9.60. The molecule has 0 aromatic rings. The lowest BCUT2D eigenvalue weighted by Gasteiger charge is -2.48. The number of nitrogens with one attached hydrogen (secondary N) is 1. The summed E-state index contributed by atoms with van der Waals surface area (Å²) >= 11 is 0. The molecule has 0 bridgehead atoms. The topological polar surface area (TPSA) is 18.5 Å². The fourth-order valence-electron chi connectivity index (χ4n) is 3.53. The summed E-state index contributed by atoms with van der Waals surface area (Å²) in [7, 11) is 4.47. The van der Waals surface area contributed by atoms with Crippen molar-refractivity contribution in [2.45, 2.75) is 51.6 Å². The van der Waals surface area contributed by atoms with E-state index in [9.17, 15) is 0 Å². The van der Waals surface area contributed by atoms with Gasteiger partial charge in [0.25, 0.3) is 0 Å². The lowest BCUT2D eigenvalue weighted by molar-refractivity contribution is 0.0198. The zero-order valence-electron chi connectivity index (χ0n) is 13.4. The van der Waals surface area contributed by atoms with Gasteiger partial charge in [-0.05, 0) is 71.2 Å². The number of rotatable bonds is 6. The normalized spacial score (nSPS) is 32.8. The first kappa shape index (κ1) is 15.3. The van der Waals surface area contributed by atoms with Gasteiger partial charge in [-0.3, -0.25) is 4.90 Å². The van der Waals surface area contributed by atoms with Crippen LogP contribution in [0.25, 0.3) is 0 Å². The van der Waals surface area contributed by atoms with Crippen LogP contribution in [0.15, 0.2) is 0 Å². The molecule has 1 N–H and O–H groups in total. The zero-order valence-corrected chi connectivity index (χ0v) is 13.4. The summed E-state index contributed by atoms with van der Waals surface area (Å²) in [5.41, 5.74) is 0. The predicted octanol–water partition coefficient (Wildman–Crippen LogP) is 2.04. The van der Waals surface area contributed by atoms with Crippen LogP contribution in [0.3, 0.4) is 0 Å². The van der Waals surface area contributed by atoms with Gasteiger partial charge in [-0.1, -0.05) is 13.8 Å². The third kappa shape index (κ3) is 4.17. The van der Waals surface area contributed by atoms with E-state index in [1.165, 1.54) is 51.9 Å². The Morgan fingerprint density at radius 2 is 2.00 bits per heavy atom. The van der Waals surface area contributed by atoms with Crippen molar-refractivity contribution in [1.82, 2.24) is 15.1 Å². The Hall–Kier alpha value is -0.120. The van der Waals surface area contributed by atoms with Crippen molar-refractivity contribution in [2.75, 3.05) is 40.3 Å². The lowest BCUT2D eigenvalue weighted by Crippen LogP contribution is -2.56. The first-order valence-electron chi connectivity index (χ1n) is 8.19. The Bertz CT molecular complexity index is 265. The Balaban J connectivity index is 1.75. The molecule has 0 spiro atoms. The molecule has 3 nitrogen and oxygen atoms in total. The van der Waals surface area contributed by atoms with E-state index in [2.05, 4.69) is 43.1 Å². The largest absolute Gasteiger partial charge is 0.316 e. The molecule has 112 valence electrons. The second kappa shape index (κ2) is 7.05. The van der Waals surface area contributed by atoms with E-state index in [1.807, 2.05) is 0 Å². The molecule has 3 atom stereocenters. The first-order valence-corrected chi connectivity index (χ1v) is 8.19. The predicted molar refractivity (Wildman–Crippen MR) is 82.5 cm³/mol. The molecule has 3 heteroatoms. The van der Waals surface area contributed by atoms with E-state index >= 15 is 0 Å². The molecule has 0 aromatic carbocycles. The van der Waals surface area contributed by atoms with Gasteiger partial charge in [0.1, 0.15) is 0 Å². The van der Waals surface area contributed by atoms with Gasteiger partial charge >= 0.3 is 0 Å². The summed E-state index contributed by atoms with van der Waals surface area (Å²) in [5.74, 6) is 1.67. The number of hydrogen-bond donors (Lipinski definition) is 1. The molecule has 19 heavy (non-hydrogen) atoms. The van der Waals surface area contributed by atoms with Crippen molar-refractivity contribution in [3.8, 4) is 0 Å². The fourth-order valence-corrected chi connectivity index (χ4v) is 3.53. The molecule has 1 heterocycles. The van der Waals surface area contributed by atoms with Crippen molar-refractivity contribution in [2.24, 2.45) is 11.8 Å². The SMILES string of the molecule is CC(C)CNCC1CCC1N1CCCC(N(C)C)C1. The second-order valence-corrected chi connectivity index (χ2v) is 7.21. The summed E-state index contributed by atoms with van der Waals surface area (Å²) in [6, 6.07) is 1.64. The van der Waals surface area contributed by atoms with Gasteiger partial charge < -0.3 is 10.2 Å². The molecule has 1 aliphatic heterocycles. The maximum atomic E-state index is 3.65.